The molecule has 10 heteroatoms. The predicted octanol–water partition coefficient (Wildman–Crippen LogP) is 3.58. The minimum Gasteiger partial charge on any atom is -0.338 e. The number of halogens is 3. The number of hydrogen-bond acceptors (Lipinski definition) is 5. The van der Waals surface area contributed by atoms with Gasteiger partial charge >= 0.3 is 6.18 Å². The van der Waals surface area contributed by atoms with Crippen LogP contribution in [0.4, 0.5) is 13.2 Å². The summed E-state index contributed by atoms with van der Waals surface area (Å²) in [6, 6.07) is 3.86. The Morgan fingerprint density at radius 2 is 2.18 bits per heavy atom. The van der Waals surface area contributed by atoms with E-state index in [2.05, 4.69) is 20.2 Å². The molecule has 0 atom stereocenters. The van der Waals surface area contributed by atoms with E-state index < -0.39 is 11.9 Å². The second-order valence-corrected chi connectivity index (χ2v) is 6.26. The van der Waals surface area contributed by atoms with Crippen molar-refractivity contribution in [1.82, 2.24) is 24.7 Å². The number of alkyl halides is 3. The van der Waals surface area contributed by atoms with Crippen LogP contribution in [0.2, 0.25) is 0 Å². The number of imidazole rings is 1. The fraction of sp³-hybridized carbons (Fsp3) is 0.250. The minimum absolute atomic E-state index is 0.248. The highest BCUT2D eigenvalue weighted by atomic mass is 32.2. The van der Waals surface area contributed by atoms with Gasteiger partial charge < -0.3 is 9.55 Å². The molecule has 116 valence electrons. The maximum absolute atomic E-state index is 12.5. The lowest BCUT2D eigenvalue weighted by atomic mass is 10.4. The van der Waals surface area contributed by atoms with Gasteiger partial charge in [0.25, 0.3) is 0 Å². The van der Waals surface area contributed by atoms with E-state index in [-0.39, 0.29) is 11.6 Å². The lowest BCUT2D eigenvalue weighted by Gasteiger charge is -2.02. The molecule has 0 aliphatic rings. The van der Waals surface area contributed by atoms with Gasteiger partial charge in [-0.1, -0.05) is 17.8 Å². The van der Waals surface area contributed by atoms with Gasteiger partial charge in [0, 0.05) is 7.05 Å². The topological polar surface area (TPSA) is 59.4 Å². The summed E-state index contributed by atoms with van der Waals surface area (Å²) in [4.78, 5) is 6.98. The number of thiophene rings is 1. The van der Waals surface area contributed by atoms with Crippen molar-refractivity contribution < 1.29 is 13.2 Å². The Labute approximate surface area is 131 Å². The lowest BCUT2D eigenvalue weighted by molar-refractivity contribution is -0.140. The summed E-state index contributed by atoms with van der Waals surface area (Å²) in [6.07, 6.45) is -3.61. The summed E-state index contributed by atoms with van der Waals surface area (Å²) >= 11 is 2.82. The molecule has 0 saturated carbocycles. The van der Waals surface area contributed by atoms with E-state index in [1.807, 2.05) is 29.1 Å². The first kappa shape index (κ1) is 15.1. The van der Waals surface area contributed by atoms with Crippen LogP contribution in [0.25, 0.3) is 10.7 Å². The van der Waals surface area contributed by atoms with Crippen LogP contribution >= 0.6 is 23.1 Å². The normalized spacial score (nSPS) is 12.0. The zero-order chi connectivity index (χ0) is 15.7. The molecular weight excluding hydrogens is 335 g/mol. The first-order valence-electron chi connectivity index (χ1n) is 6.12. The standard InChI is InChI=1S/C12H10F3N5S2/c1-20-10(7-3-2-4-21-7)18-19-11(20)22-6-9-16-5-8(17-9)12(13,14)15/h2-5H,6H2,1H3,(H,16,17). The molecule has 0 spiro atoms. The molecule has 0 fully saturated rings. The first-order chi connectivity index (χ1) is 10.4. The highest BCUT2D eigenvalue weighted by Crippen LogP contribution is 2.29. The molecule has 0 aromatic carbocycles. The number of H-pyrrole nitrogens is 1. The van der Waals surface area contributed by atoms with Crippen molar-refractivity contribution in [3.05, 3.63) is 35.2 Å². The molecule has 22 heavy (non-hydrogen) atoms. The number of rotatable bonds is 4. The number of aromatic amines is 1. The van der Waals surface area contributed by atoms with Gasteiger partial charge in [-0.05, 0) is 11.4 Å². The van der Waals surface area contributed by atoms with Crippen molar-refractivity contribution in [3.63, 3.8) is 0 Å². The molecule has 1 N–H and O–H groups in total. The second-order valence-electron chi connectivity index (χ2n) is 4.37. The molecule has 0 radical (unpaired) electrons. The molecule has 5 nitrogen and oxygen atoms in total. The molecular formula is C12H10F3N5S2. The van der Waals surface area contributed by atoms with Crippen molar-refractivity contribution in [2.24, 2.45) is 7.05 Å². The van der Waals surface area contributed by atoms with Gasteiger partial charge in [0.15, 0.2) is 11.0 Å². The van der Waals surface area contributed by atoms with Crippen LogP contribution in [0, 0.1) is 0 Å². The average molecular weight is 345 g/mol. The number of aromatic nitrogens is 5. The van der Waals surface area contributed by atoms with E-state index in [0.717, 1.165) is 16.9 Å². The quantitative estimate of drug-likeness (QED) is 0.734. The summed E-state index contributed by atoms with van der Waals surface area (Å²) in [6.45, 7) is 0. The van der Waals surface area contributed by atoms with Crippen molar-refractivity contribution in [3.8, 4) is 10.7 Å². The van der Waals surface area contributed by atoms with E-state index in [9.17, 15) is 13.2 Å². The van der Waals surface area contributed by atoms with Crippen molar-refractivity contribution in [2.45, 2.75) is 17.1 Å². The number of nitrogens with one attached hydrogen (secondary N) is 1. The van der Waals surface area contributed by atoms with E-state index in [1.165, 1.54) is 11.8 Å². The van der Waals surface area contributed by atoms with Crippen molar-refractivity contribution in [1.29, 1.82) is 0 Å². The molecule has 0 aliphatic heterocycles. The Morgan fingerprint density at radius 1 is 1.36 bits per heavy atom. The largest absolute Gasteiger partial charge is 0.432 e. The Balaban J connectivity index is 1.71. The van der Waals surface area contributed by atoms with Gasteiger partial charge in [-0.3, -0.25) is 0 Å². The molecule has 3 rings (SSSR count). The minimum atomic E-state index is -4.41. The lowest BCUT2D eigenvalue weighted by Crippen LogP contribution is -2.05. The van der Waals surface area contributed by atoms with E-state index >= 15 is 0 Å². The first-order valence-corrected chi connectivity index (χ1v) is 7.99. The third kappa shape index (κ3) is 3.02. The molecule has 0 bridgehead atoms. The Bertz CT molecular complexity index is 760. The molecule has 0 aliphatic carbocycles. The second kappa shape index (κ2) is 5.76. The highest BCUT2D eigenvalue weighted by Gasteiger charge is 2.32. The van der Waals surface area contributed by atoms with Gasteiger partial charge in [0.1, 0.15) is 11.5 Å². The van der Waals surface area contributed by atoms with Gasteiger partial charge in [0.2, 0.25) is 0 Å². The third-order valence-corrected chi connectivity index (χ3v) is 4.75. The zero-order valence-corrected chi connectivity index (χ0v) is 12.9. The Hall–Kier alpha value is -1.81. The van der Waals surface area contributed by atoms with Crippen LogP contribution in [0.1, 0.15) is 11.5 Å². The van der Waals surface area contributed by atoms with Gasteiger partial charge in [-0.2, -0.15) is 13.2 Å². The van der Waals surface area contributed by atoms with Crippen molar-refractivity contribution >= 4 is 23.1 Å². The fourth-order valence-electron chi connectivity index (χ4n) is 1.77. The summed E-state index contributed by atoms with van der Waals surface area (Å²) in [7, 11) is 1.82. The van der Waals surface area contributed by atoms with Crippen LogP contribution < -0.4 is 0 Å². The van der Waals surface area contributed by atoms with Crippen LogP contribution in [-0.4, -0.2) is 24.7 Å². The highest BCUT2D eigenvalue weighted by molar-refractivity contribution is 7.98. The zero-order valence-electron chi connectivity index (χ0n) is 11.3. The van der Waals surface area contributed by atoms with Crippen LogP contribution in [0.3, 0.4) is 0 Å². The Kier molecular flexibility index (Phi) is 3.96. The summed E-state index contributed by atoms with van der Waals surface area (Å²) in [5, 5.41) is 10.7. The maximum Gasteiger partial charge on any atom is 0.432 e. The average Bonchev–Trinajstić information content (AvgIpc) is 3.16. The SMILES string of the molecule is Cn1c(SCc2ncc(C(F)(F)F)[nH]2)nnc1-c1cccs1. The van der Waals surface area contributed by atoms with E-state index in [0.29, 0.717) is 5.16 Å². The van der Waals surface area contributed by atoms with E-state index in [4.69, 9.17) is 0 Å². The smallest absolute Gasteiger partial charge is 0.338 e. The molecule has 0 amide bonds. The van der Waals surface area contributed by atoms with Gasteiger partial charge in [-0.15, -0.1) is 21.5 Å². The monoisotopic (exact) mass is 345 g/mol. The molecule has 3 aromatic rings. The van der Waals surface area contributed by atoms with Crippen LogP contribution in [0.15, 0.2) is 28.9 Å². The molecule has 3 heterocycles. The molecule has 0 saturated heterocycles. The van der Waals surface area contributed by atoms with E-state index in [1.54, 1.807) is 11.3 Å². The number of thioether (sulfide) groups is 1. The number of nitrogens with zero attached hydrogens (tertiary/aromatic N) is 4. The summed E-state index contributed by atoms with van der Waals surface area (Å²) in [5.74, 6) is 1.23. The predicted molar refractivity (Wildman–Crippen MR) is 77.5 cm³/mol. The van der Waals surface area contributed by atoms with Crippen molar-refractivity contribution in [2.75, 3.05) is 0 Å². The summed E-state index contributed by atoms with van der Waals surface area (Å²) in [5.41, 5.74) is -0.847. The fourth-order valence-corrected chi connectivity index (χ4v) is 3.31. The van der Waals surface area contributed by atoms with Gasteiger partial charge in [-0.25, -0.2) is 4.98 Å². The van der Waals surface area contributed by atoms with Crippen LogP contribution in [0.5, 0.6) is 0 Å². The molecule has 0 unspecified atom stereocenters. The molecule has 3 aromatic heterocycles. The van der Waals surface area contributed by atoms with Gasteiger partial charge in [0.05, 0.1) is 16.8 Å². The maximum atomic E-state index is 12.5. The Morgan fingerprint density at radius 3 is 2.82 bits per heavy atom. The van der Waals surface area contributed by atoms with Crippen LogP contribution in [-0.2, 0) is 19.0 Å². The summed E-state index contributed by atoms with van der Waals surface area (Å²) < 4.78 is 39.3. The third-order valence-electron chi connectivity index (χ3n) is 2.85. The number of hydrogen-bond donors (Lipinski definition) is 1.